The minimum atomic E-state index is -0.322. The van der Waals surface area contributed by atoms with Gasteiger partial charge >= 0.3 is 0 Å². The summed E-state index contributed by atoms with van der Waals surface area (Å²) in [5.74, 6) is 0.602. The van der Waals surface area contributed by atoms with Gasteiger partial charge in [-0.3, -0.25) is 9.59 Å². The zero-order valence-electron chi connectivity index (χ0n) is 15.1. The predicted molar refractivity (Wildman–Crippen MR) is 104 cm³/mol. The van der Waals surface area contributed by atoms with Gasteiger partial charge in [0.15, 0.2) is 0 Å². The molecular formula is C19H28ClN3O3. The van der Waals surface area contributed by atoms with E-state index in [1.807, 2.05) is 24.3 Å². The summed E-state index contributed by atoms with van der Waals surface area (Å²) in [6, 6.07) is 7.55. The maximum atomic E-state index is 12.7. The number of benzene rings is 1. The molecule has 7 heteroatoms. The van der Waals surface area contributed by atoms with Gasteiger partial charge in [-0.05, 0) is 37.4 Å². The van der Waals surface area contributed by atoms with Gasteiger partial charge in [-0.25, -0.2) is 0 Å². The molecule has 1 aliphatic carbocycles. The third kappa shape index (κ3) is 4.30. The van der Waals surface area contributed by atoms with Gasteiger partial charge < -0.3 is 20.7 Å². The second-order valence-corrected chi connectivity index (χ2v) is 6.97. The fourth-order valence-corrected chi connectivity index (χ4v) is 3.95. The first-order valence-electron chi connectivity index (χ1n) is 9.08. The molecule has 2 amide bonds. The Bertz CT molecular complexity index is 640. The summed E-state index contributed by atoms with van der Waals surface area (Å²) < 4.78 is 5.34. The number of hydrogen-bond acceptors (Lipinski definition) is 4. The number of amides is 2. The lowest BCUT2D eigenvalue weighted by molar-refractivity contribution is -0.127. The van der Waals surface area contributed by atoms with Gasteiger partial charge in [0.05, 0.1) is 18.7 Å². The lowest BCUT2D eigenvalue weighted by Crippen LogP contribution is -2.47. The lowest BCUT2D eigenvalue weighted by atomic mass is 9.84. The SMILES string of the molecule is COc1ccccc1N1CC(C(=O)NC2CCCCC2CN)CC1=O.Cl. The number of carbonyl (C=O) groups excluding carboxylic acids is 2. The average Bonchev–Trinajstić information content (AvgIpc) is 3.03. The van der Waals surface area contributed by atoms with Crippen LogP contribution in [-0.4, -0.2) is 38.1 Å². The van der Waals surface area contributed by atoms with E-state index >= 15 is 0 Å². The molecule has 3 unspecified atom stereocenters. The molecule has 1 aliphatic heterocycles. The molecule has 1 saturated heterocycles. The van der Waals surface area contributed by atoms with Crippen molar-refractivity contribution in [2.24, 2.45) is 17.6 Å². The molecule has 144 valence electrons. The van der Waals surface area contributed by atoms with Crippen molar-refractivity contribution in [3.63, 3.8) is 0 Å². The maximum Gasteiger partial charge on any atom is 0.227 e. The van der Waals surface area contributed by atoms with Crippen LogP contribution in [0.5, 0.6) is 5.75 Å². The van der Waals surface area contributed by atoms with Gasteiger partial charge in [-0.2, -0.15) is 0 Å². The van der Waals surface area contributed by atoms with Crippen LogP contribution in [0.4, 0.5) is 5.69 Å². The molecule has 1 heterocycles. The summed E-state index contributed by atoms with van der Waals surface area (Å²) in [5, 5.41) is 3.15. The maximum absolute atomic E-state index is 12.7. The first-order chi connectivity index (χ1) is 12.1. The van der Waals surface area contributed by atoms with Crippen LogP contribution in [0.1, 0.15) is 32.1 Å². The van der Waals surface area contributed by atoms with E-state index in [1.54, 1.807) is 12.0 Å². The van der Waals surface area contributed by atoms with Crippen molar-refractivity contribution >= 4 is 29.9 Å². The Morgan fingerprint density at radius 2 is 2.04 bits per heavy atom. The number of nitrogens with two attached hydrogens (primary N) is 1. The summed E-state index contributed by atoms with van der Waals surface area (Å²) in [6.07, 6.45) is 4.59. The monoisotopic (exact) mass is 381 g/mol. The van der Waals surface area contributed by atoms with Gasteiger partial charge in [0.2, 0.25) is 11.8 Å². The second-order valence-electron chi connectivity index (χ2n) is 6.97. The smallest absolute Gasteiger partial charge is 0.227 e. The van der Waals surface area contributed by atoms with Gasteiger partial charge in [-0.15, -0.1) is 12.4 Å². The molecule has 26 heavy (non-hydrogen) atoms. The fourth-order valence-electron chi connectivity index (χ4n) is 3.95. The van der Waals surface area contributed by atoms with E-state index in [2.05, 4.69) is 5.32 Å². The number of halogens is 1. The fraction of sp³-hybridized carbons (Fsp3) is 0.579. The molecule has 0 bridgehead atoms. The van der Waals surface area contributed by atoms with E-state index in [1.165, 1.54) is 6.42 Å². The number of ether oxygens (including phenoxy) is 1. The Hall–Kier alpha value is -1.79. The molecule has 3 atom stereocenters. The number of nitrogens with one attached hydrogen (secondary N) is 1. The highest BCUT2D eigenvalue weighted by Gasteiger charge is 2.37. The van der Waals surface area contributed by atoms with Gasteiger partial charge in [0.25, 0.3) is 0 Å². The number of anilines is 1. The number of carbonyl (C=O) groups is 2. The molecule has 3 rings (SSSR count). The van der Waals surface area contributed by atoms with E-state index in [9.17, 15) is 9.59 Å². The molecule has 2 aliphatic rings. The molecule has 1 saturated carbocycles. The number of rotatable bonds is 5. The van der Waals surface area contributed by atoms with E-state index < -0.39 is 0 Å². The van der Waals surface area contributed by atoms with Crippen molar-refractivity contribution in [1.82, 2.24) is 5.32 Å². The largest absolute Gasteiger partial charge is 0.495 e. The van der Waals surface area contributed by atoms with E-state index in [0.29, 0.717) is 24.8 Å². The highest BCUT2D eigenvalue weighted by molar-refractivity contribution is 6.01. The topological polar surface area (TPSA) is 84.7 Å². The van der Waals surface area contributed by atoms with E-state index in [0.717, 1.165) is 24.9 Å². The number of para-hydroxylation sites is 2. The summed E-state index contributed by atoms with van der Waals surface area (Å²) in [4.78, 5) is 26.8. The highest BCUT2D eigenvalue weighted by Crippen LogP contribution is 2.33. The summed E-state index contributed by atoms with van der Waals surface area (Å²) in [7, 11) is 1.58. The minimum Gasteiger partial charge on any atom is -0.495 e. The van der Waals surface area contributed by atoms with E-state index in [4.69, 9.17) is 10.5 Å². The van der Waals surface area contributed by atoms with Crippen LogP contribution in [-0.2, 0) is 9.59 Å². The minimum absolute atomic E-state index is 0. The van der Waals surface area contributed by atoms with Crippen molar-refractivity contribution < 1.29 is 14.3 Å². The Labute approximate surface area is 160 Å². The Balaban J connectivity index is 0.00000243. The molecule has 1 aromatic carbocycles. The second kappa shape index (κ2) is 9.24. The molecule has 1 aromatic rings. The van der Waals surface area contributed by atoms with Crippen LogP contribution in [0.2, 0.25) is 0 Å². The molecule has 0 spiro atoms. The van der Waals surface area contributed by atoms with Crippen LogP contribution < -0.4 is 20.7 Å². The van der Waals surface area contributed by atoms with Crippen molar-refractivity contribution in [3.8, 4) is 5.75 Å². The first-order valence-corrected chi connectivity index (χ1v) is 9.08. The standard InChI is InChI=1S/C19H27N3O3.ClH/c1-25-17-9-5-4-8-16(17)22-12-14(10-18(22)23)19(24)21-15-7-3-2-6-13(15)11-20;/h4-5,8-9,13-15H,2-3,6-7,10-12,20H2,1H3,(H,21,24);1H. The quantitative estimate of drug-likeness (QED) is 0.818. The Morgan fingerprint density at radius 3 is 2.77 bits per heavy atom. The van der Waals surface area contributed by atoms with Gasteiger partial charge in [0, 0.05) is 19.0 Å². The Kier molecular flexibility index (Phi) is 7.29. The molecule has 3 N–H and O–H groups in total. The zero-order valence-corrected chi connectivity index (χ0v) is 16.0. The zero-order chi connectivity index (χ0) is 17.8. The lowest BCUT2D eigenvalue weighted by Gasteiger charge is -2.32. The van der Waals surface area contributed by atoms with Crippen molar-refractivity contribution in [2.45, 2.75) is 38.1 Å². The Morgan fingerprint density at radius 1 is 1.31 bits per heavy atom. The average molecular weight is 382 g/mol. The van der Waals surface area contributed by atoms with E-state index in [-0.39, 0.29) is 42.6 Å². The van der Waals surface area contributed by atoms with Crippen LogP contribution in [0.3, 0.4) is 0 Å². The van der Waals surface area contributed by atoms with Crippen LogP contribution in [0.15, 0.2) is 24.3 Å². The predicted octanol–water partition coefficient (Wildman–Crippen LogP) is 2.10. The molecule has 0 radical (unpaired) electrons. The number of hydrogen-bond donors (Lipinski definition) is 2. The third-order valence-corrected chi connectivity index (χ3v) is 5.41. The number of nitrogens with zero attached hydrogens (tertiary/aromatic N) is 1. The summed E-state index contributed by atoms with van der Waals surface area (Å²) in [5.41, 5.74) is 6.57. The normalized spacial score (nSPS) is 25.5. The molecular weight excluding hydrogens is 354 g/mol. The van der Waals surface area contributed by atoms with Crippen LogP contribution >= 0.6 is 12.4 Å². The molecule has 6 nitrogen and oxygen atoms in total. The van der Waals surface area contributed by atoms with Crippen molar-refractivity contribution in [2.75, 3.05) is 25.1 Å². The van der Waals surface area contributed by atoms with Crippen molar-refractivity contribution in [1.29, 1.82) is 0 Å². The summed E-state index contributed by atoms with van der Waals surface area (Å²) in [6.45, 7) is 0.993. The van der Waals surface area contributed by atoms with Crippen LogP contribution in [0, 0.1) is 11.8 Å². The van der Waals surface area contributed by atoms with Gasteiger partial charge in [-0.1, -0.05) is 25.0 Å². The van der Waals surface area contributed by atoms with Crippen molar-refractivity contribution in [3.05, 3.63) is 24.3 Å². The van der Waals surface area contributed by atoms with Gasteiger partial charge in [0.1, 0.15) is 5.75 Å². The van der Waals surface area contributed by atoms with Crippen LogP contribution in [0.25, 0.3) is 0 Å². The number of methoxy groups -OCH3 is 1. The molecule has 2 fully saturated rings. The summed E-state index contributed by atoms with van der Waals surface area (Å²) >= 11 is 0. The molecule has 0 aromatic heterocycles. The third-order valence-electron chi connectivity index (χ3n) is 5.41. The highest BCUT2D eigenvalue weighted by atomic mass is 35.5. The first kappa shape index (κ1) is 20.5.